The summed E-state index contributed by atoms with van der Waals surface area (Å²) in [6.45, 7) is 17.2. The van der Waals surface area contributed by atoms with E-state index in [1.54, 1.807) is 14.2 Å². The van der Waals surface area contributed by atoms with Crippen LogP contribution >= 0.6 is 0 Å². The van der Waals surface area contributed by atoms with Crippen molar-refractivity contribution in [3.8, 4) is 11.5 Å². The summed E-state index contributed by atoms with van der Waals surface area (Å²) in [6, 6.07) is 6.34. The van der Waals surface area contributed by atoms with Gasteiger partial charge in [-0.1, -0.05) is 19.9 Å². The molecule has 7 heteroatoms. The van der Waals surface area contributed by atoms with Crippen molar-refractivity contribution >= 4 is 5.96 Å². The molecule has 2 aliphatic heterocycles. The predicted octanol–water partition coefficient (Wildman–Crippen LogP) is 3.16. The third-order valence-corrected chi connectivity index (χ3v) is 7.17. The second-order valence-electron chi connectivity index (χ2n) is 9.50. The molecule has 2 heterocycles. The average Bonchev–Trinajstić information content (AvgIpc) is 2.77. The minimum absolute atomic E-state index is 0.0613. The zero-order chi connectivity index (χ0) is 22.6. The predicted molar refractivity (Wildman–Crippen MR) is 125 cm³/mol. The molecular formula is C24H40N4O3. The van der Waals surface area contributed by atoms with Gasteiger partial charge in [-0.25, -0.2) is 0 Å². The summed E-state index contributed by atoms with van der Waals surface area (Å²) < 4.78 is 16.6. The summed E-state index contributed by atoms with van der Waals surface area (Å²) in [7, 11) is 3.35. The molecule has 0 amide bonds. The lowest BCUT2D eigenvalue weighted by Gasteiger charge is -2.62. The first-order valence-corrected chi connectivity index (χ1v) is 11.3. The molecule has 2 aliphatic rings. The van der Waals surface area contributed by atoms with E-state index in [0.29, 0.717) is 6.54 Å². The highest BCUT2D eigenvalue weighted by Gasteiger charge is 2.53. The van der Waals surface area contributed by atoms with E-state index in [1.165, 1.54) is 5.56 Å². The Bertz CT molecular complexity index is 772. The Morgan fingerprint density at radius 2 is 1.81 bits per heavy atom. The monoisotopic (exact) mass is 432 g/mol. The van der Waals surface area contributed by atoms with E-state index in [0.717, 1.165) is 56.9 Å². The number of ether oxygens (including phenoxy) is 3. The lowest BCUT2D eigenvalue weighted by Crippen LogP contribution is -2.72. The normalized spacial score (nSPS) is 21.9. The number of hydrogen-bond donors (Lipinski definition) is 1. The summed E-state index contributed by atoms with van der Waals surface area (Å²) in [5.41, 5.74) is 1.50. The fourth-order valence-electron chi connectivity index (χ4n) is 4.35. The third kappa shape index (κ3) is 4.77. The minimum atomic E-state index is 0.0613. The average molecular weight is 433 g/mol. The second-order valence-corrected chi connectivity index (χ2v) is 9.50. The molecule has 0 spiro atoms. The van der Waals surface area contributed by atoms with Crippen molar-refractivity contribution in [2.45, 2.75) is 46.2 Å². The molecular weight excluding hydrogens is 392 g/mol. The van der Waals surface area contributed by atoms with E-state index < -0.39 is 0 Å². The van der Waals surface area contributed by atoms with Gasteiger partial charge >= 0.3 is 0 Å². The van der Waals surface area contributed by atoms with Crippen molar-refractivity contribution in [2.24, 2.45) is 10.4 Å². The van der Waals surface area contributed by atoms with E-state index in [4.69, 9.17) is 19.2 Å². The van der Waals surface area contributed by atoms with Crippen molar-refractivity contribution in [2.75, 3.05) is 60.2 Å². The van der Waals surface area contributed by atoms with Gasteiger partial charge in [0.15, 0.2) is 17.5 Å². The number of benzene rings is 1. The molecule has 0 aromatic heterocycles. The molecule has 0 aliphatic carbocycles. The zero-order valence-electron chi connectivity index (χ0n) is 20.3. The largest absolute Gasteiger partial charge is 0.493 e. The first-order valence-electron chi connectivity index (χ1n) is 11.3. The summed E-state index contributed by atoms with van der Waals surface area (Å²) in [5.74, 6) is 2.48. The third-order valence-electron chi connectivity index (χ3n) is 7.17. The number of hydrogen-bond acceptors (Lipinski definition) is 5. The van der Waals surface area contributed by atoms with Gasteiger partial charge in [-0.15, -0.1) is 0 Å². The molecule has 3 rings (SSSR count). The van der Waals surface area contributed by atoms with Crippen LogP contribution < -0.4 is 14.8 Å². The van der Waals surface area contributed by atoms with Crippen LogP contribution in [0.3, 0.4) is 0 Å². The van der Waals surface area contributed by atoms with Crippen LogP contribution in [-0.4, -0.2) is 81.5 Å². The van der Waals surface area contributed by atoms with Crippen LogP contribution in [0.2, 0.25) is 0 Å². The number of morpholine rings is 1. The van der Waals surface area contributed by atoms with Gasteiger partial charge in [0.1, 0.15) is 0 Å². The van der Waals surface area contributed by atoms with E-state index in [1.807, 2.05) is 6.07 Å². The number of nitrogens with zero attached hydrogens (tertiary/aromatic N) is 3. The zero-order valence-corrected chi connectivity index (χ0v) is 20.3. The van der Waals surface area contributed by atoms with Gasteiger partial charge in [-0.3, -0.25) is 9.89 Å². The van der Waals surface area contributed by atoms with Crippen molar-refractivity contribution in [3.63, 3.8) is 0 Å². The molecule has 1 atom stereocenters. The number of guanidine groups is 1. The van der Waals surface area contributed by atoms with Crippen LogP contribution in [0.1, 0.15) is 46.2 Å². The van der Waals surface area contributed by atoms with Crippen molar-refractivity contribution in [3.05, 3.63) is 23.8 Å². The maximum absolute atomic E-state index is 5.60. The van der Waals surface area contributed by atoms with E-state index in [2.05, 4.69) is 61.9 Å². The van der Waals surface area contributed by atoms with Crippen molar-refractivity contribution in [1.29, 1.82) is 0 Å². The minimum Gasteiger partial charge on any atom is -0.493 e. The van der Waals surface area contributed by atoms with Crippen molar-refractivity contribution < 1.29 is 14.2 Å². The fraction of sp³-hybridized carbons (Fsp3) is 0.708. The van der Waals surface area contributed by atoms with Gasteiger partial charge in [0, 0.05) is 37.1 Å². The van der Waals surface area contributed by atoms with Crippen LogP contribution in [0, 0.1) is 5.41 Å². The molecule has 0 radical (unpaired) electrons. The fourth-order valence-corrected chi connectivity index (χ4v) is 4.35. The Labute approximate surface area is 187 Å². The smallest absolute Gasteiger partial charge is 0.194 e. The lowest BCUT2D eigenvalue weighted by atomic mass is 9.65. The van der Waals surface area contributed by atoms with Gasteiger partial charge in [0.2, 0.25) is 0 Å². The van der Waals surface area contributed by atoms with Gasteiger partial charge < -0.3 is 24.4 Å². The van der Waals surface area contributed by atoms with Crippen LogP contribution in [0.5, 0.6) is 11.5 Å². The molecule has 2 fully saturated rings. The van der Waals surface area contributed by atoms with E-state index >= 15 is 0 Å². The van der Waals surface area contributed by atoms with Crippen LogP contribution in [-0.2, 0) is 4.74 Å². The first-order chi connectivity index (χ1) is 14.7. The summed E-state index contributed by atoms with van der Waals surface area (Å²) >= 11 is 0. The van der Waals surface area contributed by atoms with Gasteiger partial charge in [-0.2, -0.15) is 0 Å². The van der Waals surface area contributed by atoms with Gasteiger partial charge in [0.25, 0.3) is 0 Å². The highest BCUT2D eigenvalue weighted by atomic mass is 16.5. The Morgan fingerprint density at radius 1 is 1.13 bits per heavy atom. The molecule has 174 valence electrons. The Hall–Kier alpha value is -1.99. The summed E-state index contributed by atoms with van der Waals surface area (Å²) in [5, 5.41) is 3.52. The topological polar surface area (TPSA) is 58.6 Å². The van der Waals surface area contributed by atoms with Gasteiger partial charge in [0.05, 0.1) is 40.0 Å². The summed E-state index contributed by atoms with van der Waals surface area (Å²) in [6.07, 6.45) is 0. The summed E-state index contributed by atoms with van der Waals surface area (Å²) in [4.78, 5) is 9.99. The molecule has 31 heavy (non-hydrogen) atoms. The van der Waals surface area contributed by atoms with E-state index in [9.17, 15) is 0 Å². The molecule has 0 saturated carbocycles. The number of methoxy groups -OCH3 is 2. The number of nitrogens with one attached hydrogen (secondary N) is 1. The molecule has 1 unspecified atom stereocenters. The quantitative estimate of drug-likeness (QED) is 0.528. The Balaban J connectivity index is 1.89. The van der Waals surface area contributed by atoms with Crippen LogP contribution in [0.4, 0.5) is 0 Å². The number of aliphatic imine (C=N–C) groups is 1. The SMILES string of the molecule is CCNC(=NCC(c1ccc(OC)c(OC)c1)N1CCOCC1)N1CC(C)(C)C1(C)C. The van der Waals surface area contributed by atoms with Crippen LogP contribution in [0.25, 0.3) is 0 Å². The molecule has 1 aromatic rings. The molecule has 1 aromatic carbocycles. The standard InChI is InChI=1S/C24H40N4O3/c1-8-25-22(28-17-23(2,3)24(28,4)5)26-16-19(27-11-13-31-14-12-27)18-9-10-20(29-6)21(15-18)30-7/h9-10,15,19H,8,11-14,16-17H2,1-7H3,(H,25,26). The maximum atomic E-state index is 5.60. The molecule has 1 N–H and O–H groups in total. The highest BCUT2D eigenvalue weighted by Crippen LogP contribution is 2.46. The van der Waals surface area contributed by atoms with E-state index in [-0.39, 0.29) is 17.0 Å². The van der Waals surface area contributed by atoms with Crippen LogP contribution in [0.15, 0.2) is 23.2 Å². The Morgan fingerprint density at radius 3 is 2.35 bits per heavy atom. The molecule has 0 bridgehead atoms. The van der Waals surface area contributed by atoms with Gasteiger partial charge in [-0.05, 0) is 38.5 Å². The number of likely N-dealkylation sites (tertiary alicyclic amines) is 1. The maximum Gasteiger partial charge on any atom is 0.194 e. The molecule has 7 nitrogen and oxygen atoms in total. The number of rotatable bonds is 7. The second kappa shape index (κ2) is 9.65. The highest BCUT2D eigenvalue weighted by molar-refractivity contribution is 5.82. The first kappa shape index (κ1) is 23.7. The van der Waals surface area contributed by atoms with Crippen molar-refractivity contribution in [1.82, 2.24) is 15.1 Å². The molecule has 2 saturated heterocycles. The lowest BCUT2D eigenvalue weighted by molar-refractivity contribution is -0.0668. The Kier molecular flexibility index (Phi) is 7.37.